The average Bonchev–Trinajstić information content (AvgIpc) is 2.89. The first-order valence-electron chi connectivity index (χ1n) is 7.78. The lowest BCUT2D eigenvalue weighted by molar-refractivity contribution is 0.776. The second-order valence-corrected chi connectivity index (χ2v) is 5.90. The van der Waals surface area contributed by atoms with E-state index in [0.717, 1.165) is 12.1 Å². The van der Waals surface area contributed by atoms with Crippen LogP contribution in [0.25, 0.3) is 11.1 Å². The molecule has 0 aliphatic carbocycles. The summed E-state index contributed by atoms with van der Waals surface area (Å²) < 4.78 is 2.23. The number of aryl methyl sites for hydroxylation is 1. The fourth-order valence-electron chi connectivity index (χ4n) is 3.02. The van der Waals surface area contributed by atoms with Crippen molar-refractivity contribution in [1.29, 1.82) is 10.5 Å². The van der Waals surface area contributed by atoms with Crippen molar-refractivity contribution in [1.82, 2.24) is 4.57 Å². The van der Waals surface area contributed by atoms with Gasteiger partial charge in [0.15, 0.2) is 0 Å². The van der Waals surface area contributed by atoms with Gasteiger partial charge in [0, 0.05) is 24.0 Å². The van der Waals surface area contributed by atoms with Gasteiger partial charge in [-0.2, -0.15) is 10.5 Å². The van der Waals surface area contributed by atoms with E-state index in [9.17, 15) is 0 Å². The predicted octanol–water partition coefficient (Wildman–Crippen LogP) is 4.56. The summed E-state index contributed by atoms with van der Waals surface area (Å²) in [7, 11) is 0. The number of nitriles is 2. The molecule has 1 aromatic heterocycles. The van der Waals surface area contributed by atoms with Crippen molar-refractivity contribution in [3.63, 3.8) is 0 Å². The van der Waals surface area contributed by atoms with Crippen LogP contribution >= 0.6 is 0 Å². The van der Waals surface area contributed by atoms with Crippen LogP contribution in [-0.2, 0) is 6.54 Å². The van der Waals surface area contributed by atoms with Crippen LogP contribution in [0.1, 0.15) is 27.9 Å². The Labute approximate surface area is 142 Å². The van der Waals surface area contributed by atoms with Gasteiger partial charge in [-0.3, -0.25) is 0 Å². The van der Waals surface area contributed by atoms with Crippen LogP contribution in [0.5, 0.6) is 0 Å². The maximum atomic E-state index is 8.94. The number of hydrogen-bond donors (Lipinski definition) is 0. The van der Waals surface area contributed by atoms with E-state index in [4.69, 9.17) is 10.5 Å². The number of nitrogens with zero attached hydrogens (tertiary/aromatic N) is 3. The zero-order valence-electron chi connectivity index (χ0n) is 13.7. The number of aromatic nitrogens is 1. The Morgan fingerprint density at radius 2 is 1.38 bits per heavy atom. The summed E-state index contributed by atoms with van der Waals surface area (Å²) in [5.74, 6) is 0. The minimum atomic E-state index is 0.672. The standard InChI is InChI=1S/C21H17N3/c1-15-13-24(14-19-5-3-17(11-22)4-6-19)16(2)21(15)20-9-7-18(12-23)8-10-20/h3-10,13H,14H2,1-2H3. The quantitative estimate of drug-likeness (QED) is 0.711. The van der Waals surface area contributed by atoms with E-state index in [1.165, 1.54) is 22.4 Å². The van der Waals surface area contributed by atoms with Crippen LogP contribution in [-0.4, -0.2) is 4.57 Å². The third kappa shape index (κ3) is 2.93. The van der Waals surface area contributed by atoms with Gasteiger partial charge in [-0.1, -0.05) is 24.3 Å². The van der Waals surface area contributed by atoms with Gasteiger partial charge in [0.2, 0.25) is 0 Å². The maximum Gasteiger partial charge on any atom is 0.0991 e. The van der Waals surface area contributed by atoms with E-state index in [2.05, 4.69) is 36.7 Å². The van der Waals surface area contributed by atoms with Crippen molar-refractivity contribution >= 4 is 0 Å². The lowest BCUT2D eigenvalue weighted by Crippen LogP contribution is -2.00. The molecular formula is C21H17N3. The van der Waals surface area contributed by atoms with Crippen molar-refractivity contribution in [2.45, 2.75) is 20.4 Å². The summed E-state index contributed by atoms with van der Waals surface area (Å²) >= 11 is 0. The summed E-state index contributed by atoms with van der Waals surface area (Å²) in [4.78, 5) is 0. The third-order valence-corrected chi connectivity index (χ3v) is 4.28. The molecule has 0 unspecified atom stereocenters. The molecule has 0 saturated heterocycles. The molecule has 0 radical (unpaired) electrons. The fraction of sp³-hybridized carbons (Fsp3) is 0.143. The summed E-state index contributed by atoms with van der Waals surface area (Å²) in [5.41, 5.74) is 7.27. The van der Waals surface area contributed by atoms with Crippen LogP contribution in [0.3, 0.4) is 0 Å². The van der Waals surface area contributed by atoms with E-state index < -0.39 is 0 Å². The molecule has 0 spiro atoms. The summed E-state index contributed by atoms with van der Waals surface area (Å²) in [5, 5.41) is 17.8. The van der Waals surface area contributed by atoms with Crippen molar-refractivity contribution in [2.24, 2.45) is 0 Å². The first kappa shape index (κ1) is 15.6. The highest BCUT2D eigenvalue weighted by atomic mass is 15.0. The molecule has 116 valence electrons. The van der Waals surface area contributed by atoms with Gasteiger partial charge >= 0.3 is 0 Å². The zero-order valence-corrected chi connectivity index (χ0v) is 13.7. The first-order chi connectivity index (χ1) is 11.6. The van der Waals surface area contributed by atoms with E-state index in [1.54, 1.807) is 0 Å². The van der Waals surface area contributed by atoms with Gasteiger partial charge in [0.25, 0.3) is 0 Å². The average molecular weight is 311 g/mol. The number of rotatable bonds is 3. The molecule has 3 nitrogen and oxygen atoms in total. The maximum absolute atomic E-state index is 8.94. The van der Waals surface area contributed by atoms with Crippen molar-refractivity contribution < 1.29 is 0 Å². The Kier molecular flexibility index (Phi) is 4.18. The zero-order chi connectivity index (χ0) is 17.1. The van der Waals surface area contributed by atoms with Crippen LogP contribution < -0.4 is 0 Å². The Morgan fingerprint density at radius 1 is 0.833 bits per heavy atom. The molecule has 0 aliphatic heterocycles. The van der Waals surface area contributed by atoms with E-state index in [1.807, 2.05) is 48.5 Å². The van der Waals surface area contributed by atoms with Crippen molar-refractivity contribution in [2.75, 3.05) is 0 Å². The van der Waals surface area contributed by atoms with Gasteiger partial charge < -0.3 is 4.57 Å². The highest BCUT2D eigenvalue weighted by molar-refractivity contribution is 5.70. The van der Waals surface area contributed by atoms with Gasteiger partial charge in [-0.25, -0.2) is 0 Å². The molecule has 2 aromatic carbocycles. The minimum absolute atomic E-state index is 0.672. The molecule has 0 aliphatic rings. The lowest BCUT2D eigenvalue weighted by atomic mass is 10.0. The molecule has 0 N–H and O–H groups in total. The molecule has 0 amide bonds. The van der Waals surface area contributed by atoms with E-state index in [0.29, 0.717) is 11.1 Å². The van der Waals surface area contributed by atoms with Gasteiger partial charge in [0.1, 0.15) is 0 Å². The molecule has 3 aromatic rings. The topological polar surface area (TPSA) is 52.5 Å². The van der Waals surface area contributed by atoms with Crippen LogP contribution in [0, 0.1) is 36.5 Å². The summed E-state index contributed by atoms with van der Waals surface area (Å²) in [6, 6.07) is 19.7. The highest BCUT2D eigenvalue weighted by Crippen LogP contribution is 2.29. The van der Waals surface area contributed by atoms with Crippen molar-refractivity contribution in [3.05, 3.63) is 82.7 Å². The normalized spacial score (nSPS) is 10.2. The van der Waals surface area contributed by atoms with Gasteiger partial charge in [0.05, 0.1) is 23.3 Å². The monoisotopic (exact) mass is 311 g/mol. The molecule has 0 atom stereocenters. The predicted molar refractivity (Wildman–Crippen MR) is 94.3 cm³/mol. The van der Waals surface area contributed by atoms with Crippen LogP contribution in [0.4, 0.5) is 0 Å². The Morgan fingerprint density at radius 3 is 1.92 bits per heavy atom. The van der Waals surface area contributed by atoms with E-state index >= 15 is 0 Å². The smallest absolute Gasteiger partial charge is 0.0991 e. The largest absolute Gasteiger partial charge is 0.346 e. The van der Waals surface area contributed by atoms with Gasteiger partial charge in [-0.05, 0) is 54.8 Å². The molecule has 24 heavy (non-hydrogen) atoms. The van der Waals surface area contributed by atoms with Gasteiger partial charge in [-0.15, -0.1) is 0 Å². The molecule has 3 rings (SSSR count). The van der Waals surface area contributed by atoms with Crippen LogP contribution in [0.15, 0.2) is 54.7 Å². The molecule has 0 bridgehead atoms. The van der Waals surface area contributed by atoms with Crippen molar-refractivity contribution in [3.8, 4) is 23.3 Å². The number of hydrogen-bond acceptors (Lipinski definition) is 2. The molecule has 3 heteroatoms. The first-order valence-corrected chi connectivity index (χ1v) is 7.78. The third-order valence-electron chi connectivity index (χ3n) is 4.28. The minimum Gasteiger partial charge on any atom is -0.346 e. The molecule has 0 fully saturated rings. The SMILES string of the molecule is Cc1cn(Cc2ccc(C#N)cc2)c(C)c1-c1ccc(C#N)cc1. The summed E-state index contributed by atoms with van der Waals surface area (Å²) in [6.07, 6.45) is 2.15. The lowest BCUT2D eigenvalue weighted by Gasteiger charge is -2.08. The van der Waals surface area contributed by atoms with Crippen LogP contribution in [0.2, 0.25) is 0 Å². The highest BCUT2D eigenvalue weighted by Gasteiger charge is 2.12. The Hall–Kier alpha value is -3.30. The molecular weight excluding hydrogens is 294 g/mol. The second-order valence-electron chi connectivity index (χ2n) is 5.90. The van der Waals surface area contributed by atoms with E-state index in [-0.39, 0.29) is 0 Å². The Balaban J connectivity index is 1.93. The number of benzene rings is 2. The second kappa shape index (κ2) is 6.44. The Bertz CT molecular complexity index is 947. The molecule has 0 saturated carbocycles. The summed E-state index contributed by atoms with van der Waals surface area (Å²) in [6.45, 7) is 4.99. The molecule has 1 heterocycles. The fourth-order valence-corrected chi connectivity index (χ4v) is 3.02.